The molecule has 0 aliphatic rings. The van der Waals surface area contributed by atoms with Gasteiger partial charge < -0.3 is 14.8 Å². The molecule has 0 aliphatic carbocycles. The van der Waals surface area contributed by atoms with E-state index in [1.54, 1.807) is 26.0 Å². The summed E-state index contributed by atoms with van der Waals surface area (Å²) in [6.45, 7) is 7.50. The zero-order valence-electron chi connectivity index (χ0n) is 15.3. The molecular formula is C20H22ClNO4. The predicted octanol–water partition coefficient (Wildman–Crippen LogP) is 4.54. The molecule has 5 nitrogen and oxygen atoms in total. The number of carbonyl (C=O) groups is 2. The number of anilines is 1. The topological polar surface area (TPSA) is 64.6 Å². The molecule has 0 radical (unpaired) electrons. The minimum absolute atomic E-state index is 0.203. The van der Waals surface area contributed by atoms with Gasteiger partial charge in [0.1, 0.15) is 5.75 Å². The van der Waals surface area contributed by atoms with Crippen LogP contribution in [0.2, 0.25) is 5.02 Å². The monoisotopic (exact) mass is 375 g/mol. The fourth-order valence-electron chi connectivity index (χ4n) is 2.29. The highest BCUT2D eigenvalue weighted by Gasteiger charge is 2.18. The number of benzene rings is 2. The summed E-state index contributed by atoms with van der Waals surface area (Å²) >= 11 is 6.03. The standard InChI is InChI=1S/C20H22ClNO4/c1-5-25-20(24)16-11-15(8-9-17(16)21)22-19(23)14(4)26-18-10-12(2)6-7-13(18)3/h6-11,14H,5H2,1-4H3,(H,22,23)/t14-/m0/s1. The molecular weight excluding hydrogens is 354 g/mol. The summed E-state index contributed by atoms with van der Waals surface area (Å²) in [5, 5.41) is 3.00. The minimum Gasteiger partial charge on any atom is -0.481 e. The van der Waals surface area contributed by atoms with Crippen molar-refractivity contribution in [2.45, 2.75) is 33.8 Å². The molecule has 1 amide bonds. The fourth-order valence-corrected chi connectivity index (χ4v) is 2.49. The van der Waals surface area contributed by atoms with E-state index < -0.39 is 12.1 Å². The highest BCUT2D eigenvalue weighted by molar-refractivity contribution is 6.33. The molecule has 0 aromatic heterocycles. The molecule has 0 saturated heterocycles. The Morgan fingerprint density at radius 2 is 1.88 bits per heavy atom. The number of amides is 1. The third-order valence-corrected chi connectivity index (χ3v) is 4.08. The molecule has 2 aromatic carbocycles. The number of carbonyl (C=O) groups excluding carboxylic acids is 2. The molecule has 2 aromatic rings. The summed E-state index contributed by atoms with van der Waals surface area (Å²) < 4.78 is 10.7. The van der Waals surface area contributed by atoms with Crippen LogP contribution in [0.25, 0.3) is 0 Å². The molecule has 138 valence electrons. The van der Waals surface area contributed by atoms with Crippen LogP contribution in [0.1, 0.15) is 35.3 Å². The zero-order chi connectivity index (χ0) is 19.3. The molecule has 0 bridgehead atoms. The zero-order valence-corrected chi connectivity index (χ0v) is 16.0. The number of aryl methyl sites for hydroxylation is 2. The Bertz CT molecular complexity index is 819. The molecule has 1 N–H and O–H groups in total. The number of halogens is 1. The van der Waals surface area contributed by atoms with Crippen LogP contribution in [0.15, 0.2) is 36.4 Å². The molecule has 0 aliphatic heterocycles. The first-order valence-corrected chi connectivity index (χ1v) is 8.71. The second kappa shape index (κ2) is 8.72. The minimum atomic E-state index is -0.711. The number of ether oxygens (including phenoxy) is 2. The van der Waals surface area contributed by atoms with Crippen molar-refractivity contribution in [3.8, 4) is 5.75 Å². The SMILES string of the molecule is CCOC(=O)c1cc(NC(=O)[C@H](C)Oc2cc(C)ccc2C)ccc1Cl. The molecule has 0 saturated carbocycles. The molecule has 1 atom stereocenters. The molecule has 0 unspecified atom stereocenters. The van der Waals surface area contributed by atoms with Gasteiger partial charge in [-0.1, -0.05) is 23.7 Å². The van der Waals surface area contributed by atoms with Gasteiger partial charge in [0, 0.05) is 5.69 Å². The Balaban J connectivity index is 2.10. The van der Waals surface area contributed by atoms with E-state index in [4.69, 9.17) is 21.1 Å². The maximum atomic E-state index is 12.4. The molecule has 26 heavy (non-hydrogen) atoms. The van der Waals surface area contributed by atoms with Gasteiger partial charge in [-0.05, 0) is 63.1 Å². The number of nitrogens with one attached hydrogen (secondary N) is 1. The van der Waals surface area contributed by atoms with Crippen molar-refractivity contribution in [2.24, 2.45) is 0 Å². The third kappa shape index (κ3) is 4.99. The van der Waals surface area contributed by atoms with Gasteiger partial charge >= 0.3 is 5.97 Å². The predicted molar refractivity (Wildman–Crippen MR) is 102 cm³/mol. The third-order valence-electron chi connectivity index (χ3n) is 3.75. The van der Waals surface area contributed by atoms with E-state index in [1.807, 2.05) is 32.0 Å². The van der Waals surface area contributed by atoms with E-state index in [9.17, 15) is 9.59 Å². The van der Waals surface area contributed by atoms with Gasteiger partial charge in [-0.2, -0.15) is 0 Å². The second-order valence-electron chi connectivity index (χ2n) is 5.93. The average molecular weight is 376 g/mol. The largest absolute Gasteiger partial charge is 0.481 e. The summed E-state index contributed by atoms with van der Waals surface area (Å²) in [5.74, 6) is -0.202. The highest BCUT2D eigenvalue weighted by atomic mass is 35.5. The van der Waals surface area contributed by atoms with E-state index in [2.05, 4.69) is 5.32 Å². The van der Waals surface area contributed by atoms with Crippen LogP contribution >= 0.6 is 11.6 Å². The second-order valence-corrected chi connectivity index (χ2v) is 6.34. The fraction of sp³-hybridized carbons (Fsp3) is 0.300. The van der Waals surface area contributed by atoms with Gasteiger partial charge in [-0.15, -0.1) is 0 Å². The van der Waals surface area contributed by atoms with E-state index in [1.165, 1.54) is 6.07 Å². The Morgan fingerprint density at radius 3 is 2.58 bits per heavy atom. The molecule has 0 heterocycles. The van der Waals surface area contributed by atoms with Crippen molar-refractivity contribution in [3.63, 3.8) is 0 Å². The van der Waals surface area contributed by atoms with Crippen molar-refractivity contribution in [3.05, 3.63) is 58.1 Å². The van der Waals surface area contributed by atoms with Crippen LogP contribution in [0.5, 0.6) is 5.75 Å². The van der Waals surface area contributed by atoms with Crippen molar-refractivity contribution in [1.82, 2.24) is 0 Å². The van der Waals surface area contributed by atoms with Crippen molar-refractivity contribution < 1.29 is 19.1 Å². The lowest BCUT2D eigenvalue weighted by Gasteiger charge is -2.17. The summed E-state index contributed by atoms with van der Waals surface area (Å²) in [4.78, 5) is 24.3. The lowest BCUT2D eigenvalue weighted by atomic mass is 10.1. The lowest BCUT2D eigenvalue weighted by Crippen LogP contribution is -2.30. The molecule has 6 heteroatoms. The van der Waals surface area contributed by atoms with E-state index in [0.717, 1.165) is 11.1 Å². The number of hydrogen-bond acceptors (Lipinski definition) is 4. The van der Waals surface area contributed by atoms with Crippen LogP contribution in [-0.2, 0) is 9.53 Å². The Labute approximate surface area is 158 Å². The van der Waals surface area contributed by atoms with Crippen LogP contribution in [0.3, 0.4) is 0 Å². The molecule has 0 spiro atoms. The number of hydrogen-bond donors (Lipinski definition) is 1. The van der Waals surface area contributed by atoms with E-state index in [-0.39, 0.29) is 23.1 Å². The average Bonchev–Trinajstić information content (AvgIpc) is 2.59. The van der Waals surface area contributed by atoms with E-state index in [0.29, 0.717) is 11.4 Å². The Morgan fingerprint density at radius 1 is 1.15 bits per heavy atom. The van der Waals surface area contributed by atoms with Crippen LogP contribution in [0, 0.1) is 13.8 Å². The quantitative estimate of drug-likeness (QED) is 0.753. The number of rotatable bonds is 6. The summed E-state index contributed by atoms with van der Waals surface area (Å²) in [5.41, 5.74) is 2.65. The van der Waals surface area contributed by atoms with E-state index >= 15 is 0 Å². The lowest BCUT2D eigenvalue weighted by molar-refractivity contribution is -0.122. The normalized spacial score (nSPS) is 11.6. The van der Waals surface area contributed by atoms with Gasteiger partial charge in [-0.3, -0.25) is 4.79 Å². The summed E-state index contributed by atoms with van der Waals surface area (Å²) in [6.07, 6.45) is -0.711. The van der Waals surface area contributed by atoms with Crippen molar-refractivity contribution in [2.75, 3.05) is 11.9 Å². The molecule has 0 fully saturated rings. The maximum Gasteiger partial charge on any atom is 0.339 e. The smallest absolute Gasteiger partial charge is 0.339 e. The maximum absolute atomic E-state index is 12.4. The van der Waals surface area contributed by atoms with Crippen molar-refractivity contribution in [1.29, 1.82) is 0 Å². The van der Waals surface area contributed by atoms with Crippen LogP contribution in [0.4, 0.5) is 5.69 Å². The Kier molecular flexibility index (Phi) is 6.64. The first-order valence-electron chi connectivity index (χ1n) is 8.33. The van der Waals surface area contributed by atoms with Gasteiger partial charge in [0.2, 0.25) is 0 Å². The molecule has 2 rings (SSSR count). The first kappa shape index (κ1) is 19.8. The van der Waals surface area contributed by atoms with Gasteiger partial charge in [0.05, 0.1) is 17.2 Å². The number of esters is 1. The Hall–Kier alpha value is -2.53. The van der Waals surface area contributed by atoms with Crippen LogP contribution in [-0.4, -0.2) is 24.6 Å². The van der Waals surface area contributed by atoms with Gasteiger partial charge in [-0.25, -0.2) is 4.79 Å². The summed E-state index contributed by atoms with van der Waals surface area (Å²) in [7, 11) is 0. The highest BCUT2D eigenvalue weighted by Crippen LogP contribution is 2.23. The van der Waals surface area contributed by atoms with Gasteiger partial charge in [0.15, 0.2) is 6.10 Å². The van der Waals surface area contributed by atoms with Crippen LogP contribution < -0.4 is 10.1 Å². The first-order chi connectivity index (χ1) is 12.3. The summed E-state index contributed by atoms with van der Waals surface area (Å²) in [6, 6.07) is 10.5. The van der Waals surface area contributed by atoms with Crippen molar-refractivity contribution >= 4 is 29.2 Å². The van der Waals surface area contributed by atoms with Gasteiger partial charge in [0.25, 0.3) is 5.91 Å².